The number of rotatable bonds is 11. The molecule has 0 aliphatic rings. The Balaban J connectivity index is 4.07. The average Bonchev–Trinajstić information content (AvgIpc) is 2.23. The molecule has 0 rings (SSSR count). The van der Waals surface area contributed by atoms with Gasteiger partial charge in [-0.15, -0.1) is 0 Å². The standard InChI is InChI=1S/C13H29NO3S/c1-5-7-13(2,12-14-9-10-17-3)8-6-11-18(4,15)16/h14H,5-12H2,1-4H3. The van der Waals surface area contributed by atoms with E-state index in [1.807, 2.05) is 0 Å². The van der Waals surface area contributed by atoms with Gasteiger partial charge in [-0.3, -0.25) is 0 Å². The number of methoxy groups -OCH3 is 1. The monoisotopic (exact) mass is 279 g/mol. The lowest BCUT2D eigenvalue weighted by Crippen LogP contribution is -2.34. The third-order valence-corrected chi connectivity index (χ3v) is 4.21. The van der Waals surface area contributed by atoms with E-state index >= 15 is 0 Å². The highest BCUT2D eigenvalue weighted by molar-refractivity contribution is 7.90. The number of hydrogen-bond acceptors (Lipinski definition) is 4. The predicted molar refractivity (Wildman–Crippen MR) is 76.7 cm³/mol. The van der Waals surface area contributed by atoms with Crippen molar-refractivity contribution in [3.63, 3.8) is 0 Å². The highest BCUT2D eigenvalue weighted by Gasteiger charge is 2.22. The smallest absolute Gasteiger partial charge is 0.147 e. The molecule has 0 saturated carbocycles. The summed E-state index contributed by atoms with van der Waals surface area (Å²) in [7, 11) is -1.14. The van der Waals surface area contributed by atoms with Crippen molar-refractivity contribution < 1.29 is 13.2 Å². The molecule has 0 spiro atoms. The Labute approximate surface area is 112 Å². The van der Waals surface area contributed by atoms with Crippen LogP contribution in [0.4, 0.5) is 0 Å². The fourth-order valence-corrected chi connectivity index (χ4v) is 2.90. The Morgan fingerprint density at radius 2 is 1.94 bits per heavy atom. The van der Waals surface area contributed by atoms with E-state index in [0.717, 1.165) is 38.8 Å². The van der Waals surface area contributed by atoms with Gasteiger partial charge in [0.15, 0.2) is 0 Å². The fourth-order valence-electron chi connectivity index (χ4n) is 2.23. The number of nitrogens with one attached hydrogen (secondary N) is 1. The van der Waals surface area contributed by atoms with Crippen molar-refractivity contribution in [2.24, 2.45) is 5.41 Å². The van der Waals surface area contributed by atoms with Gasteiger partial charge in [-0.05, 0) is 24.7 Å². The van der Waals surface area contributed by atoms with Gasteiger partial charge in [0.1, 0.15) is 9.84 Å². The van der Waals surface area contributed by atoms with E-state index in [2.05, 4.69) is 19.2 Å². The highest BCUT2D eigenvalue weighted by atomic mass is 32.2. The van der Waals surface area contributed by atoms with Crippen LogP contribution in [0.2, 0.25) is 0 Å². The fraction of sp³-hybridized carbons (Fsp3) is 1.00. The molecule has 0 radical (unpaired) electrons. The Kier molecular flexibility index (Phi) is 8.82. The van der Waals surface area contributed by atoms with Gasteiger partial charge in [-0.25, -0.2) is 8.42 Å². The Hall–Kier alpha value is -0.130. The van der Waals surface area contributed by atoms with E-state index in [1.54, 1.807) is 7.11 Å². The highest BCUT2D eigenvalue weighted by Crippen LogP contribution is 2.28. The maximum absolute atomic E-state index is 11.1. The second-order valence-corrected chi connectivity index (χ2v) is 7.72. The van der Waals surface area contributed by atoms with Gasteiger partial charge >= 0.3 is 0 Å². The van der Waals surface area contributed by atoms with E-state index in [-0.39, 0.29) is 5.41 Å². The quantitative estimate of drug-likeness (QED) is 0.587. The molecule has 1 unspecified atom stereocenters. The lowest BCUT2D eigenvalue weighted by molar-refractivity contribution is 0.187. The van der Waals surface area contributed by atoms with Crippen LogP contribution in [0.5, 0.6) is 0 Å². The zero-order valence-corrected chi connectivity index (χ0v) is 13.1. The molecule has 0 bridgehead atoms. The molecule has 1 N–H and O–H groups in total. The van der Waals surface area contributed by atoms with Gasteiger partial charge in [0.2, 0.25) is 0 Å². The first-order valence-electron chi connectivity index (χ1n) is 6.70. The van der Waals surface area contributed by atoms with Crippen LogP contribution < -0.4 is 5.32 Å². The summed E-state index contributed by atoms with van der Waals surface area (Å²) in [4.78, 5) is 0. The van der Waals surface area contributed by atoms with Gasteiger partial charge < -0.3 is 10.1 Å². The van der Waals surface area contributed by atoms with Gasteiger partial charge in [-0.1, -0.05) is 20.3 Å². The molecule has 18 heavy (non-hydrogen) atoms. The zero-order chi connectivity index (χ0) is 14.1. The first-order chi connectivity index (χ1) is 8.33. The maximum Gasteiger partial charge on any atom is 0.147 e. The molecule has 1 atom stereocenters. The summed E-state index contributed by atoms with van der Waals surface area (Å²) in [5, 5.41) is 3.38. The maximum atomic E-state index is 11.1. The lowest BCUT2D eigenvalue weighted by Gasteiger charge is -2.29. The molecular formula is C13H29NO3S. The van der Waals surface area contributed by atoms with Crippen molar-refractivity contribution in [2.45, 2.75) is 39.5 Å². The van der Waals surface area contributed by atoms with E-state index in [1.165, 1.54) is 6.26 Å². The lowest BCUT2D eigenvalue weighted by atomic mass is 9.81. The Morgan fingerprint density at radius 3 is 2.44 bits per heavy atom. The molecule has 0 aliphatic heterocycles. The molecule has 5 heteroatoms. The first-order valence-corrected chi connectivity index (χ1v) is 8.76. The minimum Gasteiger partial charge on any atom is -0.383 e. The van der Waals surface area contributed by atoms with E-state index < -0.39 is 9.84 Å². The molecule has 0 heterocycles. The molecule has 110 valence electrons. The number of ether oxygens (including phenoxy) is 1. The predicted octanol–water partition coefficient (Wildman–Crippen LogP) is 1.85. The van der Waals surface area contributed by atoms with E-state index in [4.69, 9.17) is 4.74 Å². The summed E-state index contributed by atoms with van der Waals surface area (Å²) in [6.45, 7) is 6.89. The SMILES string of the molecule is CCCC(C)(CCCS(C)(=O)=O)CNCCOC. The molecule has 0 aromatic rings. The second kappa shape index (κ2) is 8.88. The van der Waals surface area contributed by atoms with E-state index in [9.17, 15) is 8.42 Å². The summed E-state index contributed by atoms with van der Waals surface area (Å²) in [6, 6.07) is 0. The van der Waals surface area contributed by atoms with Crippen LogP contribution in [-0.2, 0) is 14.6 Å². The minimum absolute atomic E-state index is 0.188. The topological polar surface area (TPSA) is 55.4 Å². The molecule has 0 saturated heterocycles. The summed E-state index contributed by atoms with van der Waals surface area (Å²) in [5.74, 6) is 0.296. The third kappa shape index (κ3) is 9.85. The van der Waals surface area contributed by atoms with Crippen molar-refractivity contribution in [1.29, 1.82) is 0 Å². The van der Waals surface area contributed by atoms with Gasteiger partial charge in [0.05, 0.1) is 6.61 Å². The molecule has 0 aromatic heterocycles. The van der Waals surface area contributed by atoms with Crippen LogP contribution in [0.25, 0.3) is 0 Å². The largest absolute Gasteiger partial charge is 0.383 e. The van der Waals surface area contributed by atoms with Gasteiger partial charge in [0.25, 0.3) is 0 Å². The average molecular weight is 279 g/mol. The summed E-state index contributed by atoms with van der Waals surface area (Å²) < 4.78 is 27.3. The molecule has 4 nitrogen and oxygen atoms in total. The third-order valence-electron chi connectivity index (χ3n) is 3.18. The molecule has 0 amide bonds. The van der Waals surface area contributed by atoms with Gasteiger partial charge in [-0.2, -0.15) is 0 Å². The van der Waals surface area contributed by atoms with Gasteiger partial charge in [0, 0.05) is 32.2 Å². The van der Waals surface area contributed by atoms with Crippen molar-refractivity contribution in [3.8, 4) is 0 Å². The number of sulfone groups is 1. The minimum atomic E-state index is -2.83. The summed E-state index contributed by atoms with van der Waals surface area (Å²) in [5.41, 5.74) is 0.188. The van der Waals surface area contributed by atoms with Crippen molar-refractivity contribution in [3.05, 3.63) is 0 Å². The summed E-state index contributed by atoms with van der Waals surface area (Å²) >= 11 is 0. The van der Waals surface area contributed by atoms with Crippen molar-refractivity contribution in [2.75, 3.05) is 38.8 Å². The molecule has 0 fully saturated rings. The van der Waals surface area contributed by atoms with Crippen LogP contribution in [0.15, 0.2) is 0 Å². The van der Waals surface area contributed by atoms with Crippen LogP contribution in [0, 0.1) is 5.41 Å². The Morgan fingerprint density at radius 1 is 1.28 bits per heavy atom. The van der Waals surface area contributed by atoms with Crippen LogP contribution in [-0.4, -0.2) is 47.2 Å². The normalized spacial score (nSPS) is 15.6. The van der Waals surface area contributed by atoms with E-state index in [0.29, 0.717) is 12.4 Å². The molecule has 0 aliphatic carbocycles. The first kappa shape index (κ1) is 17.9. The van der Waals surface area contributed by atoms with Crippen LogP contribution in [0.3, 0.4) is 0 Å². The molecular weight excluding hydrogens is 250 g/mol. The summed E-state index contributed by atoms with van der Waals surface area (Å²) in [6.07, 6.45) is 5.26. The zero-order valence-electron chi connectivity index (χ0n) is 12.3. The van der Waals surface area contributed by atoms with Crippen molar-refractivity contribution in [1.82, 2.24) is 5.32 Å². The number of hydrogen-bond donors (Lipinski definition) is 1. The van der Waals surface area contributed by atoms with Crippen molar-refractivity contribution >= 4 is 9.84 Å². The van der Waals surface area contributed by atoms with Crippen LogP contribution >= 0.6 is 0 Å². The second-order valence-electron chi connectivity index (χ2n) is 5.46. The van der Waals surface area contributed by atoms with Crippen LogP contribution in [0.1, 0.15) is 39.5 Å². The molecule has 0 aromatic carbocycles. The Bertz CT molecular complexity index is 303.